The summed E-state index contributed by atoms with van der Waals surface area (Å²) < 4.78 is 16.3. The zero-order valence-corrected chi connectivity index (χ0v) is 17.8. The lowest BCUT2D eigenvalue weighted by Crippen LogP contribution is -2.37. The molecule has 1 atom stereocenters. The maximum atomic E-state index is 13.2. The van der Waals surface area contributed by atoms with Crippen molar-refractivity contribution in [2.75, 3.05) is 21.3 Å². The third-order valence-electron chi connectivity index (χ3n) is 4.71. The molecule has 3 rings (SSSR count). The number of ether oxygens (including phenoxy) is 3. The monoisotopic (exact) mass is 422 g/mol. The van der Waals surface area contributed by atoms with Crippen molar-refractivity contribution >= 4 is 5.91 Å². The van der Waals surface area contributed by atoms with Gasteiger partial charge in [0.25, 0.3) is 0 Å². The Morgan fingerprint density at radius 1 is 0.903 bits per heavy atom. The fourth-order valence-electron chi connectivity index (χ4n) is 3.15. The van der Waals surface area contributed by atoms with Gasteiger partial charge in [-0.3, -0.25) is 20.1 Å². The van der Waals surface area contributed by atoms with Crippen molar-refractivity contribution < 1.29 is 19.0 Å². The number of aromatic nitrogens is 2. The largest absolute Gasteiger partial charge is 0.493 e. The molecule has 162 valence electrons. The average Bonchev–Trinajstić information content (AvgIpc) is 2.83. The molecule has 31 heavy (non-hydrogen) atoms. The van der Waals surface area contributed by atoms with E-state index in [-0.39, 0.29) is 5.91 Å². The van der Waals surface area contributed by atoms with E-state index in [4.69, 9.17) is 14.2 Å². The van der Waals surface area contributed by atoms with Crippen LogP contribution in [0.5, 0.6) is 17.2 Å². The molecule has 2 heterocycles. The van der Waals surface area contributed by atoms with Crippen LogP contribution in [0.2, 0.25) is 0 Å². The van der Waals surface area contributed by atoms with E-state index in [0.717, 1.165) is 11.1 Å². The van der Waals surface area contributed by atoms with Gasteiger partial charge in [0.2, 0.25) is 11.7 Å². The number of carbonyl (C=O) groups is 1. The molecule has 2 aromatic heterocycles. The second kappa shape index (κ2) is 10.9. The molecule has 8 heteroatoms. The minimum atomic E-state index is -0.661. The van der Waals surface area contributed by atoms with Gasteiger partial charge in [0.1, 0.15) is 6.04 Å². The Labute approximate surface area is 181 Å². The number of methoxy groups -OCH3 is 3. The van der Waals surface area contributed by atoms with E-state index in [0.29, 0.717) is 35.9 Å². The van der Waals surface area contributed by atoms with Gasteiger partial charge in [-0.15, -0.1) is 0 Å². The standard InChI is InChI=1S/C23H26N4O4/c1-29-19-10-18(11-20(30-2)22(19)31-3)21(26-14-16-6-4-8-24-12-16)23(28)27-15-17-7-5-9-25-13-17/h4-13,21,26H,14-15H2,1-3H3,(H,27,28). The first kappa shape index (κ1) is 22.0. The normalized spacial score (nSPS) is 11.5. The summed E-state index contributed by atoms with van der Waals surface area (Å²) in [6.07, 6.45) is 6.88. The van der Waals surface area contributed by atoms with Crippen molar-refractivity contribution in [3.8, 4) is 17.2 Å². The topological polar surface area (TPSA) is 94.6 Å². The van der Waals surface area contributed by atoms with Crippen LogP contribution in [-0.4, -0.2) is 37.2 Å². The number of rotatable bonds is 10. The molecule has 0 radical (unpaired) electrons. The third kappa shape index (κ3) is 5.70. The summed E-state index contributed by atoms with van der Waals surface area (Å²) in [5.41, 5.74) is 2.55. The van der Waals surface area contributed by atoms with E-state index in [1.807, 2.05) is 24.3 Å². The SMILES string of the molecule is COc1cc(C(NCc2cccnc2)C(=O)NCc2cccnc2)cc(OC)c1OC. The van der Waals surface area contributed by atoms with Gasteiger partial charge in [0, 0.05) is 37.9 Å². The van der Waals surface area contributed by atoms with Gasteiger partial charge in [-0.25, -0.2) is 0 Å². The van der Waals surface area contributed by atoms with Gasteiger partial charge in [-0.05, 0) is 41.0 Å². The molecule has 3 aromatic rings. The van der Waals surface area contributed by atoms with E-state index < -0.39 is 6.04 Å². The van der Waals surface area contributed by atoms with Crippen LogP contribution >= 0.6 is 0 Å². The van der Waals surface area contributed by atoms with E-state index in [9.17, 15) is 4.79 Å². The lowest BCUT2D eigenvalue weighted by atomic mass is 10.0. The van der Waals surface area contributed by atoms with Crippen LogP contribution in [0.25, 0.3) is 0 Å². The average molecular weight is 422 g/mol. The van der Waals surface area contributed by atoms with Crippen molar-refractivity contribution in [3.63, 3.8) is 0 Å². The molecule has 0 aliphatic rings. The highest BCUT2D eigenvalue weighted by molar-refractivity contribution is 5.83. The Bertz CT molecular complexity index is 958. The predicted molar refractivity (Wildman–Crippen MR) is 116 cm³/mol. The van der Waals surface area contributed by atoms with Gasteiger partial charge in [-0.1, -0.05) is 12.1 Å². The Kier molecular flexibility index (Phi) is 7.78. The Hall–Kier alpha value is -3.65. The molecule has 0 saturated heterocycles. The molecular formula is C23H26N4O4. The zero-order chi connectivity index (χ0) is 22.1. The molecule has 0 aliphatic carbocycles. The third-order valence-corrected chi connectivity index (χ3v) is 4.71. The molecule has 0 fully saturated rings. The van der Waals surface area contributed by atoms with Crippen LogP contribution < -0.4 is 24.8 Å². The first-order chi connectivity index (χ1) is 15.2. The molecule has 1 amide bonds. The number of hydrogen-bond acceptors (Lipinski definition) is 7. The molecule has 1 unspecified atom stereocenters. The van der Waals surface area contributed by atoms with Gasteiger partial charge < -0.3 is 19.5 Å². The van der Waals surface area contributed by atoms with Crippen molar-refractivity contribution in [3.05, 3.63) is 77.9 Å². The number of pyridine rings is 2. The predicted octanol–water partition coefficient (Wildman–Crippen LogP) is 2.65. The van der Waals surface area contributed by atoms with E-state index in [1.165, 1.54) is 0 Å². The van der Waals surface area contributed by atoms with Crippen LogP contribution in [0.1, 0.15) is 22.7 Å². The summed E-state index contributed by atoms with van der Waals surface area (Å²) in [6, 6.07) is 10.4. The summed E-state index contributed by atoms with van der Waals surface area (Å²) in [4.78, 5) is 21.4. The Balaban J connectivity index is 1.88. The molecular weight excluding hydrogens is 396 g/mol. The van der Waals surface area contributed by atoms with Crippen LogP contribution in [0.4, 0.5) is 0 Å². The number of carbonyl (C=O) groups excluding carboxylic acids is 1. The molecule has 0 spiro atoms. The van der Waals surface area contributed by atoms with Crippen LogP contribution in [0.3, 0.4) is 0 Å². The summed E-state index contributed by atoms with van der Waals surface area (Å²) in [5, 5.41) is 6.28. The number of nitrogens with one attached hydrogen (secondary N) is 2. The zero-order valence-electron chi connectivity index (χ0n) is 17.8. The minimum absolute atomic E-state index is 0.193. The van der Waals surface area contributed by atoms with Gasteiger partial charge in [-0.2, -0.15) is 0 Å². The summed E-state index contributed by atoms with van der Waals surface area (Å²) >= 11 is 0. The molecule has 2 N–H and O–H groups in total. The molecule has 8 nitrogen and oxygen atoms in total. The lowest BCUT2D eigenvalue weighted by molar-refractivity contribution is -0.123. The minimum Gasteiger partial charge on any atom is -0.493 e. The first-order valence-corrected chi connectivity index (χ1v) is 9.75. The second-order valence-corrected chi connectivity index (χ2v) is 6.71. The number of benzene rings is 1. The lowest BCUT2D eigenvalue weighted by Gasteiger charge is -2.21. The summed E-state index contributed by atoms with van der Waals surface area (Å²) in [7, 11) is 4.63. The maximum absolute atomic E-state index is 13.2. The Morgan fingerprint density at radius 3 is 1.97 bits per heavy atom. The summed E-state index contributed by atoms with van der Waals surface area (Å²) in [6.45, 7) is 0.817. The number of amides is 1. The van der Waals surface area contributed by atoms with E-state index >= 15 is 0 Å². The molecule has 0 saturated carbocycles. The van der Waals surface area contributed by atoms with Crippen LogP contribution in [0, 0.1) is 0 Å². The van der Waals surface area contributed by atoms with Gasteiger partial charge >= 0.3 is 0 Å². The van der Waals surface area contributed by atoms with E-state index in [2.05, 4.69) is 20.6 Å². The maximum Gasteiger partial charge on any atom is 0.242 e. The second-order valence-electron chi connectivity index (χ2n) is 6.71. The summed E-state index contributed by atoms with van der Waals surface area (Å²) in [5.74, 6) is 1.23. The van der Waals surface area contributed by atoms with Gasteiger partial charge in [0.05, 0.1) is 21.3 Å². The molecule has 0 bridgehead atoms. The highest BCUT2D eigenvalue weighted by atomic mass is 16.5. The molecule has 0 aliphatic heterocycles. The quantitative estimate of drug-likeness (QED) is 0.519. The number of nitrogens with zero attached hydrogens (tertiary/aromatic N) is 2. The van der Waals surface area contributed by atoms with Crippen molar-refractivity contribution in [2.45, 2.75) is 19.1 Å². The molecule has 1 aromatic carbocycles. The van der Waals surface area contributed by atoms with E-state index in [1.54, 1.807) is 58.2 Å². The highest BCUT2D eigenvalue weighted by Crippen LogP contribution is 2.39. The first-order valence-electron chi connectivity index (χ1n) is 9.75. The fourth-order valence-corrected chi connectivity index (χ4v) is 3.15. The number of hydrogen-bond donors (Lipinski definition) is 2. The van der Waals surface area contributed by atoms with Crippen molar-refractivity contribution in [2.24, 2.45) is 0 Å². The van der Waals surface area contributed by atoms with Crippen molar-refractivity contribution in [1.82, 2.24) is 20.6 Å². The smallest absolute Gasteiger partial charge is 0.242 e. The van der Waals surface area contributed by atoms with Crippen LogP contribution in [0.15, 0.2) is 61.2 Å². The van der Waals surface area contributed by atoms with Gasteiger partial charge in [0.15, 0.2) is 11.5 Å². The van der Waals surface area contributed by atoms with Crippen LogP contribution in [-0.2, 0) is 17.9 Å². The fraction of sp³-hybridized carbons (Fsp3) is 0.261. The van der Waals surface area contributed by atoms with Crippen molar-refractivity contribution in [1.29, 1.82) is 0 Å². The highest BCUT2D eigenvalue weighted by Gasteiger charge is 2.24. The Morgan fingerprint density at radius 2 is 1.48 bits per heavy atom.